The van der Waals surface area contributed by atoms with Gasteiger partial charge in [-0.25, -0.2) is 4.98 Å². The van der Waals surface area contributed by atoms with Crippen molar-refractivity contribution in [3.63, 3.8) is 0 Å². The third-order valence-electron chi connectivity index (χ3n) is 4.42. The SMILES string of the molecule is CCCCOC(=O)C(Cc1csc(-c2ccccc2)n1)NC(CC(C)C)C(=O)O. The number of ether oxygens (including phenoxy) is 1. The third kappa shape index (κ3) is 7.59. The predicted molar refractivity (Wildman–Crippen MR) is 115 cm³/mol. The predicted octanol–water partition coefficient (Wildman–Crippen LogP) is 4.15. The number of aromatic nitrogens is 1. The Bertz CT molecular complexity index is 776. The molecule has 0 aliphatic heterocycles. The molecule has 0 bridgehead atoms. The van der Waals surface area contributed by atoms with E-state index in [1.54, 1.807) is 0 Å². The number of carbonyl (C=O) groups is 2. The van der Waals surface area contributed by atoms with Crippen LogP contribution in [0.15, 0.2) is 35.7 Å². The molecular formula is C22H30N2O4S. The van der Waals surface area contributed by atoms with Crippen LogP contribution < -0.4 is 5.32 Å². The summed E-state index contributed by atoms with van der Waals surface area (Å²) in [7, 11) is 0. The molecular weight excluding hydrogens is 388 g/mol. The van der Waals surface area contributed by atoms with Crippen molar-refractivity contribution >= 4 is 23.3 Å². The third-order valence-corrected chi connectivity index (χ3v) is 5.36. The van der Waals surface area contributed by atoms with Crippen LogP contribution in [0, 0.1) is 5.92 Å². The molecule has 1 heterocycles. The summed E-state index contributed by atoms with van der Waals surface area (Å²) in [5.74, 6) is -1.21. The number of carboxylic acid groups (broad SMARTS) is 1. The second-order valence-electron chi connectivity index (χ2n) is 7.47. The van der Waals surface area contributed by atoms with E-state index in [9.17, 15) is 14.7 Å². The van der Waals surface area contributed by atoms with Gasteiger partial charge in [0.15, 0.2) is 0 Å². The van der Waals surface area contributed by atoms with Crippen molar-refractivity contribution in [2.75, 3.05) is 6.61 Å². The van der Waals surface area contributed by atoms with E-state index >= 15 is 0 Å². The molecule has 2 atom stereocenters. The van der Waals surface area contributed by atoms with Gasteiger partial charge in [-0.05, 0) is 18.8 Å². The van der Waals surface area contributed by atoms with Crippen LogP contribution in [0.4, 0.5) is 0 Å². The van der Waals surface area contributed by atoms with Gasteiger partial charge in [-0.3, -0.25) is 14.9 Å². The van der Waals surface area contributed by atoms with Crippen LogP contribution in [-0.2, 0) is 20.7 Å². The van der Waals surface area contributed by atoms with Gasteiger partial charge in [0.1, 0.15) is 17.1 Å². The van der Waals surface area contributed by atoms with Crippen LogP contribution in [-0.4, -0.2) is 40.7 Å². The molecule has 0 fully saturated rings. The van der Waals surface area contributed by atoms with Gasteiger partial charge in [-0.2, -0.15) is 0 Å². The molecule has 2 aromatic rings. The molecule has 29 heavy (non-hydrogen) atoms. The van der Waals surface area contributed by atoms with Gasteiger partial charge in [0.05, 0.1) is 12.3 Å². The number of nitrogens with zero attached hydrogens (tertiary/aromatic N) is 1. The number of aliphatic carboxylic acids is 1. The molecule has 0 saturated heterocycles. The van der Waals surface area contributed by atoms with Gasteiger partial charge in [0.2, 0.25) is 0 Å². The number of carboxylic acids is 1. The number of hydrogen-bond acceptors (Lipinski definition) is 6. The van der Waals surface area contributed by atoms with Crippen molar-refractivity contribution in [3.05, 3.63) is 41.4 Å². The zero-order valence-electron chi connectivity index (χ0n) is 17.3. The zero-order valence-corrected chi connectivity index (χ0v) is 18.1. The standard InChI is InChI=1S/C22H30N2O4S/c1-4-5-11-28-22(27)19(24-18(21(25)26)12-15(2)3)13-17-14-29-20(23-17)16-9-7-6-8-10-16/h6-10,14-15,18-19,24H,4-5,11-13H2,1-3H3,(H,25,26). The van der Waals surface area contributed by atoms with Gasteiger partial charge in [-0.1, -0.05) is 57.5 Å². The summed E-state index contributed by atoms with van der Waals surface area (Å²) in [6.45, 7) is 6.27. The Morgan fingerprint density at radius 2 is 1.93 bits per heavy atom. The number of rotatable bonds is 12. The molecule has 0 radical (unpaired) electrons. The van der Waals surface area contributed by atoms with Crippen LogP contribution in [0.25, 0.3) is 10.6 Å². The van der Waals surface area contributed by atoms with E-state index in [0.29, 0.717) is 13.0 Å². The van der Waals surface area contributed by atoms with E-state index in [-0.39, 0.29) is 12.3 Å². The lowest BCUT2D eigenvalue weighted by Crippen LogP contribution is -2.49. The van der Waals surface area contributed by atoms with E-state index in [2.05, 4.69) is 10.3 Å². The number of esters is 1. The molecule has 0 saturated carbocycles. The highest BCUT2D eigenvalue weighted by molar-refractivity contribution is 7.13. The molecule has 0 spiro atoms. The Labute approximate surface area is 176 Å². The number of hydrogen-bond donors (Lipinski definition) is 2. The number of unbranched alkanes of at least 4 members (excludes halogenated alkanes) is 1. The molecule has 1 aromatic heterocycles. The number of carbonyl (C=O) groups excluding carboxylic acids is 1. The van der Waals surface area contributed by atoms with Crippen molar-refractivity contribution in [2.45, 2.75) is 58.5 Å². The first-order chi connectivity index (χ1) is 13.9. The highest BCUT2D eigenvalue weighted by atomic mass is 32.1. The number of nitrogens with one attached hydrogen (secondary N) is 1. The summed E-state index contributed by atoms with van der Waals surface area (Å²) < 4.78 is 5.38. The maximum Gasteiger partial charge on any atom is 0.323 e. The fourth-order valence-corrected chi connectivity index (χ4v) is 3.74. The molecule has 2 N–H and O–H groups in total. The van der Waals surface area contributed by atoms with Crippen LogP contribution in [0.1, 0.15) is 45.7 Å². The smallest absolute Gasteiger partial charge is 0.323 e. The van der Waals surface area contributed by atoms with Gasteiger partial charge < -0.3 is 9.84 Å². The lowest BCUT2D eigenvalue weighted by Gasteiger charge is -2.23. The second kappa shape index (κ2) is 11.7. The molecule has 2 unspecified atom stereocenters. The van der Waals surface area contributed by atoms with Gasteiger partial charge in [-0.15, -0.1) is 11.3 Å². The van der Waals surface area contributed by atoms with Gasteiger partial charge in [0.25, 0.3) is 0 Å². The van der Waals surface area contributed by atoms with E-state index < -0.39 is 24.0 Å². The minimum absolute atomic E-state index is 0.185. The van der Waals surface area contributed by atoms with Gasteiger partial charge >= 0.3 is 11.9 Å². The largest absolute Gasteiger partial charge is 0.480 e. The Morgan fingerprint density at radius 1 is 1.21 bits per heavy atom. The summed E-state index contributed by atoms with van der Waals surface area (Å²) in [4.78, 5) is 28.9. The highest BCUT2D eigenvalue weighted by Gasteiger charge is 2.28. The summed E-state index contributed by atoms with van der Waals surface area (Å²) in [5.41, 5.74) is 1.76. The molecule has 7 heteroatoms. The Morgan fingerprint density at radius 3 is 2.55 bits per heavy atom. The summed E-state index contributed by atoms with van der Waals surface area (Å²) >= 11 is 1.51. The summed E-state index contributed by atoms with van der Waals surface area (Å²) in [6, 6.07) is 8.26. The average Bonchev–Trinajstić information content (AvgIpc) is 3.16. The molecule has 0 aliphatic carbocycles. The Kier molecular flexibility index (Phi) is 9.28. The zero-order chi connectivity index (χ0) is 21.2. The van der Waals surface area contributed by atoms with Crippen molar-refractivity contribution < 1.29 is 19.4 Å². The highest BCUT2D eigenvalue weighted by Crippen LogP contribution is 2.24. The fraction of sp³-hybridized carbons (Fsp3) is 0.500. The van der Waals surface area contributed by atoms with Crippen molar-refractivity contribution in [2.24, 2.45) is 5.92 Å². The van der Waals surface area contributed by atoms with E-state index in [0.717, 1.165) is 29.1 Å². The first-order valence-electron chi connectivity index (χ1n) is 10.1. The average molecular weight is 419 g/mol. The fourth-order valence-electron chi connectivity index (χ4n) is 2.91. The maximum atomic E-state index is 12.6. The topological polar surface area (TPSA) is 88.5 Å². The summed E-state index contributed by atoms with van der Waals surface area (Å²) in [5, 5.41) is 15.3. The lowest BCUT2D eigenvalue weighted by atomic mass is 10.0. The minimum atomic E-state index is -0.965. The van der Waals surface area contributed by atoms with E-state index in [1.807, 2.05) is 56.5 Å². The van der Waals surface area contributed by atoms with Crippen molar-refractivity contribution in [1.29, 1.82) is 0 Å². The molecule has 158 valence electrons. The first kappa shape index (κ1) is 23.0. The molecule has 0 amide bonds. The molecule has 0 aliphatic rings. The quantitative estimate of drug-likeness (QED) is 0.398. The molecule has 2 rings (SSSR count). The van der Waals surface area contributed by atoms with Crippen LogP contribution in [0.5, 0.6) is 0 Å². The minimum Gasteiger partial charge on any atom is -0.480 e. The Balaban J connectivity index is 2.15. The van der Waals surface area contributed by atoms with E-state index in [1.165, 1.54) is 11.3 Å². The maximum absolute atomic E-state index is 12.6. The van der Waals surface area contributed by atoms with Crippen LogP contribution in [0.3, 0.4) is 0 Å². The summed E-state index contributed by atoms with van der Waals surface area (Å²) in [6.07, 6.45) is 2.42. The normalized spacial score (nSPS) is 13.2. The van der Waals surface area contributed by atoms with Crippen molar-refractivity contribution in [1.82, 2.24) is 10.3 Å². The second-order valence-corrected chi connectivity index (χ2v) is 8.33. The lowest BCUT2D eigenvalue weighted by molar-refractivity contribution is -0.147. The van der Waals surface area contributed by atoms with Crippen molar-refractivity contribution in [3.8, 4) is 10.6 Å². The first-order valence-corrected chi connectivity index (χ1v) is 10.9. The van der Waals surface area contributed by atoms with Gasteiger partial charge in [0, 0.05) is 17.4 Å². The monoisotopic (exact) mass is 418 g/mol. The number of benzene rings is 1. The molecule has 1 aromatic carbocycles. The Hall–Kier alpha value is -2.25. The molecule has 6 nitrogen and oxygen atoms in total. The van der Waals surface area contributed by atoms with E-state index in [4.69, 9.17) is 4.74 Å². The van der Waals surface area contributed by atoms with Crippen LogP contribution in [0.2, 0.25) is 0 Å². The number of thiazole rings is 1. The van der Waals surface area contributed by atoms with Crippen LogP contribution >= 0.6 is 11.3 Å².